The highest BCUT2D eigenvalue weighted by atomic mass is 19.1. The first-order valence-corrected chi connectivity index (χ1v) is 6.85. The van der Waals surface area contributed by atoms with Crippen LogP contribution < -0.4 is 10.5 Å². The van der Waals surface area contributed by atoms with Crippen molar-refractivity contribution >= 4 is 0 Å². The van der Waals surface area contributed by atoms with Gasteiger partial charge in [-0.3, -0.25) is 4.90 Å². The van der Waals surface area contributed by atoms with E-state index in [-0.39, 0.29) is 11.4 Å². The summed E-state index contributed by atoms with van der Waals surface area (Å²) >= 11 is 0. The normalized spacial score (nSPS) is 20.7. The molecule has 1 saturated heterocycles. The molecule has 4 heteroatoms. The first-order chi connectivity index (χ1) is 8.94. The van der Waals surface area contributed by atoms with Crippen LogP contribution in [0.1, 0.15) is 26.7 Å². The molecular formula is C15H23FN2O. The Morgan fingerprint density at radius 3 is 2.68 bits per heavy atom. The quantitative estimate of drug-likeness (QED) is 0.889. The van der Waals surface area contributed by atoms with E-state index in [2.05, 4.69) is 4.90 Å². The van der Waals surface area contributed by atoms with Gasteiger partial charge >= 0.3 is 0 Å². The molecule has 1 fully saturated rings. The minimum absolute atomic E-state index is 0.182. The summed E-state index contributed by atoms with van der Waals surface area (Å²) in [7, 11) is 0. The summed E-state index contributed by atoms with van der Waals surface area (Å²) in [6.07, 6.45) is 2.32. The molecule has 106 valence electrons. The fourth-order valence-corrected chi connectivity index (χ4v) is 2.54. The molecule has 0 saturated carbocycles. The van der Waals surface area contributed by atoms with E-state index < -0.39 is 0 Å². The third-order valence-corrected chi connectivity index (χ3v) is 3.37. The van der Waals surface area contributed by atoms with Gasteiger partial charge in [-0.2, -0.15) is 0 Å². The van der Waals surface area contributed by atoms with E-state index in [4.69, 9.17) is 10.5 Å². The zero-order valence-corrected chi connectivity index (χ0v) is 11.7. The predicted octanol–water partition coefficient (Wildman–Crippen LogP) is 2.41. The molecule has 1 aromatic rings. The minimum Gasteiger partial charge on any atom is -0.492 e. The van der Waals surface area contributed by atoms with Gasteiger partial charge in [-0.25, -0.2) is 4.39 Å². The number of hydrogen-bond acceptors (Lipinski definition) is 3. The zero-order valence-electron chi connectivity index (χ0n) is 11.7. The number of rotatable bonds is 5. The van der Waals surface area contributed by atoms with Crippen LogP contribution in [0.3, 0.4) is 0 Å². The van der Waals surface area contributed by atoms with Crippen LogP contribution in [-0.2, 0) is 0 Å². The second kappa shape index (κ2) is 5.88. The number of benzene rings is 1. The molecule has 19 heavy (non-hydrogen) atoms. The second-order valence-electron chi connectivity index (χ2n) is 6.02. The Kier molecular flexibility index (Phi) is 4.42. The average Bonchev–Trinajstić information content (AvgIpc) is 2.73. The Balaban J connectivity index is 1.86. The van der Waals surface area contributed by atoms with Crippen molar-refractivity contribution in [2.75, 3.05) is 19.7 Å². The van der Waals surface area contributed by atoms with Crippen LogP contribution in [0, 0.1) is 5.82 Å². The van der Waals surface area contributed by atoms with Crippen molar-refractivity contribution in [1.82, 2.24) is 4.90 Å². The van der Waals surface area contributed by atoms with Gasteiger partial charge in [0.2, 0.25) is 0 Å². The Labute approximate surface area is 114 Å². The van der Waals surface area contributed by atoms with E-state index in [9.17, 15) is 4.39 Å². The summed E-state index contributed by atoms with van der Waals surface area (Å²) in [6.45, 7) is 6.69. The molecule has 2 rings (SSSR count). The molecule has 0 amide bonds. The smallest absolute Gasteiger partial charge is 0.123 e. The van der Waals surface area contributed by atoms with Crippen molar-refractivity contribution in [1.29, 1.82) is 0 Å². The molecule has 1 aromatic carbocycles. The monoisotopic (exact) mass is 266 g/mol. The van der Waals surface area contributed by atoms with Gasteiger partial charge in [-0.05, 0) is 57.5 Å². The standard InChI is InChI=1S/C15H23FN2O/c1-15(2,17)11-18-9-3-4-13(18)10-19-14-7-5-12(16)6-8-14/h5-8,13H,3-4,9-11,17H2,1-2H3. The lowest BCUT2D eigenvalue weighted by atomic mass is 10.1. The Morgan fingerprint density at radius 2 is 2.05 bits per heavy atom. The fourth-order valence-electron chi connectivity index (χ4n) is 2.54. The largest absolute Gasteiger partial charge is 0.492 e. The van der Waals surface area contributed by atoms with Crippen LogP contribution in [0.15, 0.2) is 24.3 Å². The maximum Gasteiger partial charge on any atom is 0.123 e. The molecule has 1 aliphatic rings. The van der Waals surface area contributed by atoms with Crippen LogP contribution in [0.2, 0.25) is 0 Å². The van der Waals surface area contributed by atoms with Crippen molar-refractivity contribution < 1.29 is 9.13 Å². The zero-order chi connectivity index (χ0) is 13.9. The number of nitrogens with zero attached hydrogens (tertiary/aromatic N) is 1. The van der Waals surface area contributed by atoms with Gasteiger partial charge in [0.25, 0.3) is 0 Å². The number of likely N-dealkylation sites (tertiary alicyclic amines) is 1. The lowest BCUT2D eigenvalue weighted by Gasteiger charge is -2.31. The fraction of sp³-hybridized carbons (Fsp3) is 0.600. The van der Waals surface area contributed by atoms with Gasteiger partial charge in [0.1, 0.15) is 18.2 Å². The first kappa shape index (κ1) is 14.3. The molecule has 2 N–H and O–H groups in total. The Hall–Kier alpha value is -1.13. The van der Waals surface area contributed by atoms with E-state index in [0.29, 0.717) is 12.6 Å². The molecule has 0 aromatic heterocycles. The summed E-state index contributed by atoms with van der Waals surface area (Å²) < 4.78 is 18.5. The third kappa shape index (κ3) is 4.48. The summed E-state index contributed by atoms with van der Waals surface area (Å²) in [5.41, 5.74) is 5.90. The van der Waals surface area contributed by atoms with Gasteiger partial charge in [0, 0.05) is 18.1 Å². The van der Waals surface area contributed by atoms with Gasteiger partial charge in [0.05, 0.1) is 0 Å². The molecule has 0 bridgehead atoms. The number of ether oxygens (including phenoxy) is 1. The van der Waals surface area contributed by atoms with Crippen LogP contribution >= 0.6 is 0 Å². The highest BCUT2D eigenvalue weighted by Crippen LogP contribution is 2.21. The number of nitrogens with two attached hydrogens (primary N) is 1. The topological polar surface area (TPSA) is 38.5 Å². The van der Waals surface area contributed by atoms with Gasteiger partial charge < -0.3 is 10.5 Å². The Bertz CT molecular complexity index is 400. The van der Waals surface area contributed by atoms with E-state index >= 15 is 0 Å². The highest BCUT2D eigenvalue weighted by molar-refractivity contribution is 5.22. The molecule has 1 heterocycles. The second-order valence-corrected chi connectivity index (χ2v) is 6.02. The average molecular weight is 266 g/mol. The van der Waals surface area contributed by atoms with Crippen molar-refractivity contribution in [3.63, 3.8) is 0 Å². The highest BCUT2D eigenvalue weighted by Gasteiger charge is 2.28. The minimum atomic E-state index is -0.236. The maximum atomic E-state index is 12.8. The van der Waals surface area contributed by atoms with Crippen LogP contribution in [0.5, 0.6) is 5.75 Å². The molecule has 0 aliphatic carbocycles. The van der Waals surface area contributed by atoms with E-state index in [0.717, 1.165) is 25.3 Å². The third-order valence-electron chi connectivity index (χ3n) is 3.37. The van der Waals surface area contributed by atoms with Crippen LogP contribution in [0.25, 0.3) is 0 Å². The Morgan fingerprint density at radius 1 is 1.37 bits per heavy atom. The maximum absolute atomic E-state index is 12.8. The summed E-state index contributed by atoms with van der Waals surface area (Å²) in [5.74, 6) is 0.486. The molecule has 1 aliphatic heterocycles. The van der Waals surface area contributed by atoms with Crippen LogP contribution in [-0.4, -0.2) is 36.2 Å². The lowest BCUT2D eigenvalue weighted by molar-refractivity contribution is 0.151. The van der Waals surface area contributed by atoms with E-state index in [1.54, 1.807) is 12.1 Å². The summed E-state index contributed by atoms with van der Waals surface area (Å²) in [4.78, 5) is 2.39. The van der Waals surface area contributed by atoms with Crippen LogP contribution in [0.4, 0.5) is 4.39 Å². The van der Waals surface area contributed by atoms with Crippen molar-refractivity contribution in [2.45, 2.75) is 38.3 Å². The first-order valence-electron chi connectivity index (χ1n) is 6.85. The molecule has 0 radical (unpaired) electrons. The number of halogens is 1. The summed E-state index contributed by atoms with van der Waals surface area (Å²) in [6, 6.07) is 6.59. The van der Waals surface area contributed by atoms with Crippen molar-refractivity contribution in [2.24, 2.45) is 5.73 Å². The van der Waals surface area contributed by atoms with E-state index in [1.807, 2.05) is 13.8 Å². The number of hydrogen-bond donors (Lipinski definition) is 1. The molecule has 1 atom stereocenters. The molecule has 0 spiro atoms. The molecule has 3 nitrogen and oxygen atoms in total. The van der Waals surface area contributed by atoms with Gasteiger partial charge in [-0.15, -0.1) is 0 Å². The lowest BCUT2D eigenvalue weighted by Crippen LogP contribution is -2.48. The SMILES string of the molecule is CC(C)(N)CN1CCCC1COc1ccc(F)cc1. The molecule has 1 unspecified atom stereocenters. The van der Waals surface area contributed by atoms with E-state index in [1.165, 1.54) is 18.6 Å². The van der Waals surface area contributed by atoms with Gasteiger partial charge in [0.15, 0.2) is 0 Å². The predicted molar refractivity (Wildman–Crippen MR) is 74.8 cm³/mol. The molecular weight excluding hydrogens is 243 g/mol. The van der Waals surface area contributed by atoms with Crippen molar-refractivity contribution in [3.8, 4) is 5.75 Å². The summed E-state index contributed by atoms with van der Waals surface area (Å²) in [5, 5.41) is 0. The van der Waals surface area contributed by atoms with Gasteiger partial charge in [-0.1, -0.05) is 0 Å². The van der Waals surface area contributed by atoms with Crippen molar-refractivity contribution in [3.05, 3.63) is 30.1 Å².